The first-order chi connectivity index (χ1) is 9.46. The molecule has 1 N–H and O–H groups in total. The van der Waals surface area contributed by atoms with Crippen LogP contribution in [0, 0.1) is 5.92 Å². The van der Waals surface area contributed by atoms with E-state index in [0.29, 0.717) is 12.0 Å². The molecule has 0 bridgehead atoms. The van der Waals surface area contributed by atoms with E-state index in [1.807, 2.05) is 0 Å². The summed E-state index contributed by atoms with van der Waals surface area (Å²) < 4.78 is 0. The lowest BCUT2D eigenvalue weighted by molar-refractivity contribution is 0.589. The van der Waals surface area contributed by atoms with Crippen LogP contribution in [0.3, 0.4) is 0 Å². The molecule has 0 saturated carbocycles. The van der Waals surface area contributed by atoms with Crippen molar-refractivity contribution >= 4 is 14.1 Å². The van der Waals surface area contributed by atoms with E-state index in [1.54, 1.807) is 0 Å². The maximum absolute atomic E-state index is 4.39. The Kier molecular flexibility index (Phi) is 5.00. The predicted molar refractivity (Wildman–Crippen MR) is 92.7 cm³/mol. The maximum atomic E-state index is 4.39. The topological polar surface area (TPSA) is 12.0 Å². The lowest BCUT2D eigenvalue weighted by Crippen LogP contribution is -2.28. The minimum atomic E-state index is -1.06. The molecule has 0 spiro atoms. The maximum Gasteiger partial charge on any atom is 0.0483 e. The van der Waals surface area contributed by atoms with E-state index in [9.17, 15) is 0 Å². The molecule has 0 unspecified atom stereocenters. The largest absolute Gasteiger partial charge is 0.310 e. The summed E-state index contributed by atoms with van der Waals surface area (Å²) in [6.07, 6.45) is 5.79. The highest BCUT2D eigenvalue weighted by molar-refractivity contribution is 6.76. The summed E-state index contributed by atoms with van der Waals surface area (Å²) in [6, 6.07) is 12.2. The molecule has 1 aromatic rings. The minimum absolute atomic E-state index is 0.457. The molecule has 2 atom stereocenters. The number of nitrogens with one attached hydrogen (secondary N) is 1. The second-order valence-corrected chi connectivity index (χ2v) is 12.5. The van der Waals surface area contributed by atoms with Crippen LogP contribution in [0.15, 0.2) is 48.6 Å². The van der Waals surface area contributed by atoms with Crippen LogP contribution >= 0.6 is 0 Å². The highest BCUT2D eigenvalue weighted by atomic mass is 28.3. The van der Waals surface area contributed by atoms with Gasteiger partial charge in [-0.25, -0.2) is 0 Å². The van der Waals surface area contributed by atoms with Crippen LogP contribution in [-0.2, 0) is 0 Å². The number of hydrogen-bond donors (Lipinski definition) is 1. The van der Waals surface area contributed by atoms with Gasteiger partial charge in [-0.3, -0.25) is 0 Å². The van der Waals surface area contributed by atoms with Crippen molar-refractivity contribution in [3.63, 3.8) is 0 Å². The molecule has 1 aliphatic heterocycles. The van der Waals surface area contributed by atoms with E-state index >= 15 is 0 Å². The zero-order chi connectivity index (χ0) is 14.6. The fraction of sp³-hybridized carbons (Fsp3) is 0.444. The molecule has 0 radical (unpaired) electrons. The van der Waals surface area contributed by atoms with Crippen LogP contribution in [0.2, 0.25) is 25.7 Å². The highest BCUT2D eigenvalue weighted by Crippen LogP contribution is 2.30. The van der Waals surface area contributed by atoms with E-state index in [0.717, 1.165) is 6.54 Å². The fourth-order valence-corrected chi connectivity index (χ4v) is 4.60. The molecule has 108 valence electrons. The van der Waals surface area contributed by atoms with Crippen LogP contribution in [0.25, 0.3) is 6.08 Å². The summed E-state index contributed by atoms with van der Waals surface area (Å²) >= 11 is 0. The third kappa shape index (κ3) is 4.46. The average molecular weight is 286 g/mol. The Labute approximate surface area is 124 Å². The number of hydrogen-bond acceptors (Lipinski definition) is 1. The van der Waals surface area contributed by atoms with Crippen LogP contribution in [0.5, 0.6) is 0 Å². The van der Waals surface area contributed by atoms with Crippen molar-refractivity contribution in [1.82, 2.24) is 5.32 Å². The number of rotatable bonds is 5. The third-order valence-electron chi connectivity index (χ3n) is 3.85. The quantitative estimate of drug-likeness (QED) is 0.617. The SMILES string of the molecule is C=C(C[Si](C)(C)C)[C@H]1CCN[C@H]1/C=C/c1ccccc1. The van der Waals surface area contributed by atoms with Gasteiger partial charge in [0.25, 0.3) is 0 Å². The van der Waals surface area contributed by atoms with Gasteiger partial charge in [0.2, 0.25) is 0 Å². The molecule has 1 saturated heterocycles. The lowest BCUT2D eigenvalue weighted by Gasteiger charge is -2.24. The molecular formula is C18H27NSi. The second-order valence-electron chi connectivity index (χ2n) is 7.04. The Balaban J connectivity index is 2.01. The van der Waals surface area contributed by atoms with Gasteiger partial charge in [-0.05, 0) is 30.5 Å². The monoisotopic (exact) mass is 285 g/mol. The first kappa shape index (κ1) is 15.3. The molecule has 0 amide bonds. The Morgan fingerprint density at radius 2 is 2.00 bits per heavy atom. The first-order valence-electron chi connectivity index (χ1n) is 7.60. The highest BCUT2D eigenvalue weighted by Gasteiger charge is 2.29. The van der Waals surface area contributed by atoms with Gasteiger partial charge in [0, 0.05) is 14.1 Å². The molecule has 0 aromatic heterocycles. The molecule has 1 aliphatic rings. The molecule has 1 nitrogen and oxygen atoms in total. The summed E-state index contributed by atoms with van der Waals surface area (Å²) in [5.41, 5.74) is 2.73. The first-order valence-corrected chi connectivity index (χ1v) is 11.3. The normalized spacial score (nSPS) is 23.4. The molecule has 1 fully saturated rings. The van der Waals surface area contributed by atoms with Crippen molar-refractivity contribution in [3.05, 3.63) is 54.1 Å². The Morgan fingerprint density at radius 3 is 2.65 bits per heavy atom. The van der Waals surface area contributed by atoms with Crippen molar-refractivity contribution in [3.8, 4) is 0 Å². The zero-order valence-corrected chi connectivity index (χ0v) is 14.0. The zero-order valence-electron chi connectivity index (χ0n) is 13.0. The Hall–Kier alpha value is -1.12. The van der Waals surface area contributed by atoms with Gasteiger partial charge in [0.1, 0.15) is 0 Å². The standard InChI is InChI=1S/C18H27NSi/c1-15(14-20(2,3)4)17-12-13-19-18(17)11-10-16-8-6-5-7-9-16/h5-11,17-19H,1,12-14H2,2-4H3/b11-10+/t17-,18+/m1/s1. The molecule has 1 heterocycles. The van der Waals surface area contributed by atoms with E-state index in [2.05, 4.69) is 74.0 Å². The molecular weight excluding hydrogens is 258 g/mol. The lowest BCUT2D eigenvalue weighted by atomic mass is 9.93. The third-order valence-corrected chi connectivity index (χ3v) is 5.36. The second kappa shape index (κ2) is 6.55. The van der Waals surface area contributed by atoms with E-state index in [4.69, 9.17) is 0 Å². The molecule has 1 aromatic carbocycles. The van der Waals surface area contributed by atoms with Gasteiger partial charge in [0.15, 0.2) is 0 Å². The van der Waals surface area contributed by atoms with Gasteiger partial charge in [-0.15, -0.1) is 0 Å². The van der Waals surface area contributed by atoms with Crippen LogP contribution in [0.4, 0.5) is 0 Å². The van der Waals surface area contributed by atoms with Crippen LogP contribution < -0.4 is 5.32 Å². The molecule has 2 rings (SSSR count). The summed E-state index contributed by atoms with van der Waals surface area (Å²) in [7, 11) is -1.06. The number of benzene rings is 1. The van der Waals surface area contributed by atoms with Gasteiger partial charge in [-0.1, -0.05) is 74.3 Å². The summed E-state index contributed by atoms with van der Waals surface area (Å²) in [5.74, 6) is 0.613. The summed E-state index contributed by atoms with van der Waals surface area (Å²) in [4.78, 5) is 0. The van der Waals surface area contributed by atoms with Gasteiger partial charge >= 0.3 is 0 Å². The smallest absolute Gasteiger partial charge is 0.0483 e. The summed E-state index contributed by atoms with van der Waals surface area (Å²) in [6.45, 7) is 12.8. The molecule has 20 heavy (non-hydrogen) atoms. The van der Waals surface area contributed by atoms with Crippen molar-refractivity contribution in [2.24, 2.45) is 5.92 Å². The van der Waals surface area contributed by atoms with Crippen molar-refractivity contribution in [2.75, 3.05) is 6.54 Å². The van der Waals surface area contributed by atoms with Gasteiger partial charge < -0.3 is 5.32 Å². The fourth-order valence-electron chi connectivity index (χ4n) is 2.98. The van der Waals surface area contributed by atoms with Crippen molar-refractivity contribution in [2.45, 2.75) is 38.1 Å². The van der Waals surface area contributed by atoms with Gasteiger partial charge in [-0.2, -0.15) is 0 Å². The molecule has 0 aliphatic carbocycles. The van der Waals surface area contributed by atoms with Crippen molar-refractivity contribution < 1.29 is 0 Å². The Bertz CT molecular complexity index is 470. The van der Waals surface area contributed by atoms with E-state index in [1.165, 1.54) is 23.6 Å². The van der Waals surface area contributed by atoms with Gasteiger partial charge in [0.05, 0.1) is 0 Å². The average Bonchev–Trinajstić information content (AvgIpc) is 2.84. The van der Waals surface area contributed by atoms with E-state index in [-0.39, 0.29) is 0 Å². The van der Waals surface area contributed by atoms with Crippen LogP contribution in [0.1, 0.15) is 12.0 Å². The predicted octanol–water partition coefficient (Wildman–Crippen LogP) is 4.57. The Morgan fingerprint density at radius 1 is 1.30 bits per heavy atom. The van der Waals surface area contributed by atoms with Crippen LogP contribution in [-0.4, -0.2) is 20.7 Å². The minimum Gasteiger partial charge on any atom is -0.310 e. The summed E-state index contributed by atoms with van der Waals surface area (Å²) in [5, 5.41) is 3.61. The van der Waals surface area contributed by atoms with Crippen molar-refractivity contribution in [1.29, 1.82) is 0 Å². The molecule has 2 heteroatoms. The van der Waals surface area contributed by atoms with E-state index < -0.39 is 8.07 Å².